The highest BCUT2D eigenvalue weighted by molar-refractivity contribution is 8.19. The van der Waals surface area contributed by atoms with Gasteiger partial charge in [-0.15, -0.1) is 0 Å². The first-order chi connectivity index (χ1) is 18.9. The fraction of sp³-hybridized carbons (Fsp3) is 0.0333. The number of hydrogen-bond acceptors (Lipinski definition) is 5. The fourth-order valence-corrected chi connectivity index (χ4v) is 5.00. The summed E-state index contributed by atoms with van der Waals surface area (Å²) in [5.74, 6) is -0.565. The zero-order valence-corrected chi connectivity index (χ0v) is 22.6. The second-order valence-electron chi connectivity index (χ2n) is 8.46. The summed E-state index contributed by atoms with van der Waals surface area (Å²) in [7, 11) is 0. The number of aromatic carboxylic acids is 1. The van der Waals surface area contributed by atoms with Gasteiger partial charge in [0.25, 0.3) is 5.91 Å². The van der Waals surface area contributed by atoms with Crippen LogP contribution in [0.3, 0.4) is 0 Å². The summed E-state index contributed by atoms with van der Waals surface area (Å²) in [6.45, 7) is 0.274. The normalized spacial score (nSPS) is 15.2. The van der Waals surface area contributed by atoms with Gasteiger partial charge in [-0.25, -0.2) is 9.79 Å². The molecule has 1 heterocycles. The van der Waals surface area contributed by atoms with Crippen molar-refractivity contribution in [1.29, 1.82) is 0 Å². The number of aliphatic imine (C=N–C) groups is 1. The molecule has 0 spiro atoms. The molecule has 0 unspecified atom stereocenters. The van der Waals surface area contributed by atoms with Crippen LogP contribution in [-0.2, 0) is 11.4 Å². The van der Waals surface area contributed by atoms with E-state index in [0.717, 1.165) is 11.1 Å². The lowest BCUT2D eigenvalue weighted by molar-refractivity contribution is -0.113. The van der Waals surface area contributed by atoms with Crippen LogP contribution in [0.25, 0.3) is 6.08 Å². The Kier molecular flexibility index (Phi) is 8.02. The molecule has 0 atom stereocenters. The Morgan fingerprint density at radius 3 is 2.26 bits per heavy atom. The lowest BCUT2D eigenvalue weighted by Crippen LogP contribution is -2.28. The number of carbonyl (C=O) groups is 2. The quantitative estimate of drug-likeness (QED) is 0.226. The minimum atomic E-state index is -0.974. The molecule has 1 aliphatic rings. The number of hydrogen-bond donors (Lipinski definition) is 1. The first-order valence-electron chi connectivity index (χ1n) is 11.7. The monoisotopic (exact) mass is 574 g/mol. The average Bonchev–Trinajstić information content (AvgIpc) is 3.23. The Bertz CT molecular complexity index is 1590. The van der Waals surface area contributed by atoms with E-state index >= 15 is 0 Å². The molecule has 5 rings (SSSR count). The number of carboxylic acids is 1. The second kappa shape index (κ2) is 11.8. The lowest BCUT2D eigenvalue weighted by atomic mass is 10.1. The number of thioether (sulfide) groups is 1. The molecule has 1 amide bonds. The van der Waals surface area contributed by atoms with E-state index in [1.54, 1.807) is 83.8 Å². The third-order valence-electron chi connectivity index (χ3n) is 5.70. The molecule has 6 nitrogen and oxygen atoms in total. The van der Waals surface area contributed by atoms with E-state index in [-0.39, 0.29) is 18.1 Å². The van der Waals surface area contributed by atoms with Crippen molar-refractivity contribution in [1.82, 2.24) is 0 Å². The largest absolute Gasteiger partial charge is 0.489 e. The molecule has 0 radical (unpaired) electrons. The van der Waals surface area contributed by atoms with Crippen LogP contribution >= 0.6 is 35.0 Å². The van der Waals surface area contributed by atoms with Gasteiger partial charge in [0.2, 0.25) is 0 Å². The van der Waals surface area contributed by atoms with E-state index in [4.69, 9.17) is 38.0 Å². The van der Waals surface area contributed by atoms with Gasteiger partial charge in [-0.3, -0.25) is 9.69 Å². The summed E-state index contributed by atoms with van der Waals surface area (Å²) in [4.78, 5) is 31.4. The summed E-state index contributed by atoms with van der Waals surface area (Å²) < 4.78 is 5.91. The van der Waals surface area contributed by atoms with Crippen molar-refractivity contribution in [2.45, 2.75) is 6.61 Å². The summed E-state index contributed by atoms with van der Waals surface area (Å²) in [5, 5.41) is 10.7. The molecule has 0 bridgehead atoms. The Balaban J connectivity index is 1.39. The highest BCUT2D eigenvalue weighted by Crippen LogP contribution is 2.38. The predicted octanol–water partition coefficient (Wildman–Crippen LogP) is 8.08. The van der Waals surface area contributed by atoms with Crippen LogP contribution in [0.5, 0.6) is 5.75 Å². The highest BCUT2D eigenvalue weighted by atomic mass is 35.5. The number of ether oxygens (including phenoxy) is 1. The first-order valence-corrected chi connectivity index (χ1v) is 13.3. The van der Waals surface area contributed by atoms with Gasteiger partial charge in [0.15, 0.2) is 5.17 Å². The van der Waals surface area contributed by atoms with Crippen molar-refractivity contribution >= 4 is 69.5 Å². The van der Waals surface area contributed by atoms with Crippen LogP contribution in [0.4, 0.5) is 11.4 Å². The summed E-state index contributed by atoms with van der Waals surface area (Å²) in [5.41, 5.74) is 3.17. The summed E-state index contributed by atoms with van der Waals surface area (Å²) in [6, 6.07) is 28.0. The summed E-state index contributed by atoms with van der Waals surface area (Å²) in [6.07, 6.45) is 1.80. The van der Waals surface area contributed by atoms with Crippen LogP contribution in [0.15, 0.2) is 107 Å². The van der Waals surface area contributed by atoms with Crippen molar-refractivity contribution in [3.8, 4) is 5.75 Å². The van der Waals surface area contributed by atoms with Gasteiger partial charge in [-0.2, -0.15) is 0 Å². The van der Waals surface area contributed by atoms with Crippen molar-refractivity contribution in [2.75, 3.05) is 4.90 Å². The molecule has 0 saturated carbocycles. The molecule has 1 aliphatic heterocycles. The van der Waals surface area contributed by atoms with Gasteiger partial charge in [-0.05, 0) is 102 Å². The first kappa shape index (κ1) is 26.6. The van der Waals surface area contributed by atoms with E-state index in [9.17, 15) is 9.59 Å². The zero-order valence-electron chi connectivity index (χ0n) is 20.3. The molecule has 194 valence electrons. The lowest BCUT2D eigenvalue weighted by Gasteiger charge is -2.15. The number of rotatable bonds is 7. The third kappa shape index (κ3) is 6.52. The van der Waals surface area contributed by atoms with Gasteiger partial charge in [0, 0.05) is 10.0 Å². The number of nitrogens with zero attached hydrogens (tertiary/aromatic N) is 2. The standard InChI is InChI=1S/C30H20Cl2N2O4S/c31-22-8-12-24(13-9-22)33-30-34(25-14-10-23(32)11-15-25)28(35)27(39-30)17-20-2-1-3-26(16-20)38-18-19-4-6-21(7-5-19)29(36)37/h1-17H,18H2,(H,36,37)/b27-17-,33-30?. The molecule has 9 heteroatoms. The van der Waals surface area contributed by atoms with E-state index in [1.807, 2.05) is 24.3 Å². The number of amidine groups is 1. The Morgan fingerprint density at radius 1 is 0.923 bits per heavy atom. The topological polar surface area (TPSA) is 79.2 Å². The van der Waals surface area contributed by atoms with Crippen LogP contribution in [0.1, 0.15) is 21.5 Å². The maximum absolute atomic E-state index is 13.5. The predicted molar refractivity (Wildman–Crippen MR) is 157 cm³/mol. The van der Waals surface area contributed by atoms with Gasteiger partial charge >= 0.3 is 5.97 Å². The smallest absolute Gasteiger partial charge is 0.335 e. The Morgan fingerprint density at radius 2 is 1.59 bits per heavy atom. The Labute approximate surface area is 239 Å². The number of anilines is 1. The van der Waals surface area contributed by atoms with E-state index in [0.29, 0.717) is 37.2 Å². The molecule has 0 aromatic heterocycles. The molecule has 1 N–H and O–H groups in total. The third-order valence-corrected chi connectivity index (χ3v) is 7.18. The maximum atomic E-state index is 13.5. The van der Waals surface area contributed by atoms with Crippen LogP contribution in [-0.4, -0.2) is 22.2 Å². The van der Waals surface area contributed by atoms with Gasteiger partial charge < -0.3 is 9.84 Å². The molecule has 0 aliphatic carbocycles. The molecular formula is C30H20Cl2N2O4S. The number of carbonyl (C=O) groups excluding carboxylic acids is 1. The fourth-order valence-electron chi connectivity index (χ4n) is 3.75. The Hall–Kier alpha value is -4.04. The van der Waals surface area contributed by atoms with Crippen molar-refractivity contribution in [3.05, 3.63) is 129 Å². The van der Waals surface area contributed by atoms with E-state index in [2.05, 4.69) is 0 Å². The maximum Gasteiger partial charge on any atom is 0.335 e. The SMILES string of the molecule is O=C(O)c1ccc(COc2cccc(/C=C3\SC(=Nc4ccc(Cl)cc4)N(c4ccc(Cl)cc4)C3=O)c2)cc1. The summed E-state index contributed by atoms with van der Waals surface area (Å²) >= 11 is 13.4. The van der Waals surface area contributed by atoms with E-state index in [1.165, 1.54) is 11.8 Å². The molecule has 4 aromatic rings. The van der Waals surface area contributed by atoms with Gasteiger partial charge in [-0.1, -0.05) is 47.5 Å². The second-order valence-corrected chi connectivity index (χ2v) is 10.3. The number of carboxylic acid groups (broad SMARTS) is 1. The van der Waals surface area contributed by atoms with Crippen molar-refractivity contribution in [3.63, 3.8) is 0 Å². The zero-order chi connectivity index (χ0) is 27.4. The highest BCUT2D eigenvalue weighted by Gasteiger charge is 2.34. The van der Waals surface area contributed by atoms with Crippen LogP contribution in [0, 0.1) is 0 Å². The van der Waals surface area contributed by atoms with Gasteiger partial charge in [0.1, 0.15) is 12.4 Å². The molecule has 1 fully saturated rings. The molecular weight excluding hydrogens is 555 g/mol. The number of amides is 1. The van der Waals surface area contributed by atoms with Gasteiger partial charge in [0.05, 0.1) is 21.8 Å². The van der Waals surface area contributed by atoms with Crippen LogP contribution in [0.2, 0.25) is 10.0 Å². The van der Waals surface area contributed by atoms with Crippen LogP contribution < -0.4 is 9.64 Å². The van der Waals surface area contributed by atoms with E-state index < -0.39 is 5.97 Å². The molecule has 1 saturated heterocycles. The minimum absolute atomic E-state index is 0.208. The van der Waals surface area contributed by atoms with Crippen molar-refractivity contribution in [2.24, 2.45) is 4.99 Å². The number of benzene rings is 4. The van der Waals surface area contributed by atoms with Crippen molar-refractivity contribution < 1.29 is 19.4 Å². The molecule has 4 aromatic carbocycles. The number of halogens is 2. The average molecular weight is 575 g/mol. The molecule has 39 heavy (non-hydrogen) atoms. The minimum Gasteiger partial charge on any atom is -0.489 e.